The molecular weight excluding hydrogens is 514 g/mol. The highest BCUT2D eigenvalue weighted by atomic mass is 16.5. The van der Waals surface area contributed by atoms with Crippen molar-refractivity contribution in [1.82, 2.24) is 8.80 Å². The topological polar surface area (TPSA) is 60.7 Å². The average molecular weight is 534 g/mol. The van der Waals surface area contributed by atoms with Crippen molar-refractivity contribution in [2.45, 2.75) is 6.42 Å². The highest BCUT2D eigenvalue weighted by molar-refractivity contribution is 6.22. The van der Waals surface area contributed by atoms with Gasteiger partial charge in [0.1, 0.15) is 5.75 Å². The first-order valence-corrected chi connectivity index (χ1v) is 13.8. The van der Waals surface area contributed by atoms with Crippen LogP contribution in [0.2, 0.25) is 0 Å². The Kier molecular flexibility index (Phi) is 3.36. The van der Waals surface area contributed by atoms with Crippen LogP contribution in [0, 0.1) is 0 Å². The van der Waals surface area contributed by atoms with E-state index >= 15 is 0 Å². The fourth-order valence-electron chi connectivity index (χ4n) is 7.40. The van der Waals surface area contributed by atoms with Crippen LogP contribution in [0.4, 0.5) is 17.1 Å². The molecule has 0 unspecified atom stereocenters. The number of furan rings is 3. The Morgan fingerprint density at radius 1 is 0.561 bits per heavy atom. The van der Waals surface area contributed by atoms with Gasteiger partial charge >= 0.3 is 0 Å². The van der Waals surface area contributed by atoms with Gasteiger partial charge in [-0.2, -0.15) is 0 Å². The Morgan fingerprint density at radius 2 is 1.10 bits per heavy atom. The van der Waals surface area contributed by atoms with E-state index in [9.17, 15) is 0 Å². The molecule has 1 aliphatic heterocycles. The Hall–Kier alpha value is -5.56. The van der Waals surface area contributed by atoms with Crippen LogP contribution in [-0.2, 0) is 6.42 Å². The number of benzene rings is 3. The lowest BCUT2D eigenvalue weighted by molar-refractivity contribution is 0.360. The number of ether oxygens (including phenoxy) is 1. The van der Waals surface area contributed by atoms with Crippen LogP contribution in [0.1, 0.15) is 5.69 Å². The Labute approximate surface area is 230 Å². The van der Waals surface area contributed by atoms with E-state index in [0.29, 0.717) is 6.61 Å². The molecule has 41 heavy (non-hydrogen) atoms. The summed E-state index contributed by atoms with van der Waals surface area (Å²) in [4.78, 5) is 2.30. The largest absolute Gasteiger partial charge is 0.491 e. The zero-order valence-electron chi connectivity index (χ0n) is 21.5. The molecule has 7 nitrogen and oxygen atoms in total. The van der Waals surface area contributed by atoms with Gasteiger partial charge in [-0.15, -0.1) is 0 Å². The standard InChI is InChI=1S/C34H19N3O4/c1-2-4-18(5-3-1)35(19-14-21-29-22(15-19)32-26(7-11-39-32)36(29)25-6-10-38-31(21)25)20-16-23-30-24(17-20)34-28(9-13-41-34)37(30)27-8-12-40-33(23)27/h1-8,10-12,14-17H,9,13H2. The summed E-state index contributed by atoms with van der Waals surface area (Å²) in [5.74, 6) is 0.978. The van der Waals surface area contributed by atoms with Crippen molar-refractivity contribution in [2.24, 2.45) is 0 Å². The average Bonchev–Trinajstić information content (AvgIpc) is 3.83. The molecule has 0 amide bonds. The fraction of sp³-hybridized carbons (Fsp3) is 0.0588. The highest BCUT2D eigenvalue weighted by Crippen LogP contribution is 2.49. The zero-order valence-corrected chi connectivity index (χ0v) is 21.5. The van der Waals surface area contributed by atoms with E-state index in [0.717, 1.165) is 95.1 Å². The maximum absolute atomic E-state index is 6.22. The molecule has 1 aliphatic rings. The third-order valence-corrected chi connectivity index (χ3v) is 8.92. The van der Waals surface area contributed by atoms with Crippen molar-refractivity contribution >= 4 is 82.9 Å². The van der Waals surface area contributed by atoms with Crippen molar-refractivity contribution in [1.29, 1.82) is 0 Å². The van der Waals surface area contributed by atoms with Crippen LogP contribution in [0.25, 0.3) is 65.9 Å². The summed E-state index contributed by atoms with van der Waals surface area (Å²) in [7, 11) is 0. The molecule has 11 rings (SSSR count). The second-order valence-electron chi connectivity index (χ2n) is 10.9. The van der Waals surface area contributed by atoms with Crippen LogP contribution < -0.4 is 9.64 Å². The van der Waals surface area contributed by atoms with Gasteiger partial charge in [0.25, 0.3) is 0 Å². The molecule has 0 spiro atoms. The van der Waals surface area contributed by atoms with Gasteiger partial charge in [-0.1, -0.05) is 18.2 Å². The summed E-state index contributed by atoms with van der Waals surface area (Å²) in [6.45, 7) is 0.692. The molecule has 8 heterocycles. The predicted octanol–water partition coefficient (Wildman–Crippen LogP) is 9.02. The molecule has 0 atom stereocenters. The van der Waals surface area contributed by atoms with Crippen molar-refractivity contribution in [3.05, 3.63) is 97.3 Å². The normalized spacial score (nSPS) is 13.9. The van der Waals surface area contributed by atoms with Crippen LogP contribution in [0.3, 0.4) is 0 Å². The van der Waals surface area contributed by atoms with Crippen molar-refractivity contribution in [3.63, 3.8) is 0 Å². The van der Waals surface area contributed by atoms with E-state index in [-0.39, 0.29) is 0 Å². The molecule has 0 radical (unpaired) electrons. The maximum atomic E-state index is 6.22. The van der Waals surface area contributed by atoms with Gasteiger partial charge in [0.15, 0.2) is 16.7 Å². The molecule has 7 aromatic heterocycles. The second-order valence-corrected chi connectivity index (χ2v) is 10.9. The van der Waals surface area contributed by atoms with E-state index in [1.807, 2.05) is 18.2 Å². The van der Waals surface area contributed by atoms with Gasteiger partial charge in [-0.05, 0) is 36.4 Å². The van der Waals surface area contributed by atoms with E-state index in [1.54, 1.807) is 18.8 Å². The first-order valence-electron chi connectivity index (χ1n) is 13.8. The predicted molar refractivity (Wildman–Crippen MR) is 159 cm³/mol. The third kappa shape index (κ3) is 2.27. The van der Waals surface area contributed by atoms with Crippen LogP contribution in [0.5, 0.6) is 5.75 Å². The lowest BCUT2D eigenvalue weighted by atomic mass is 10.1. The van der Waals surface area contributed by atoms with Gasteiger partial charge in [0.2, 0.25) is 0 Å². The number of para-hydroxylation sites is 1. The van der Waals surface area contributed by atoms with Crippen LogP contribution >= 0.6 is 0 Å². The minimum atomic E-state index is 0.692. The quantitative estimate of drug-likeness (QED) is 0.227. The number of rotatable bonds is 3. The summed E-state index contributed by atoms with van der Waals surface area (Å²) in [6.07, 6.45) is 6.18. The number of aromatic nitrogens is 2. The molecule has 0 aliphatic carbocycles. The second kappa shape index (κ2) is 6.77. The molecule has 0 fully saturated rings. The van der Waals surface area contributed by atoms with Crippen molar-refractivity contribution in [3.8, 4) is 5.75 Å². The Morgan fingerprint density at radius 3 is 1.71 bits per heavy atom. The van der Waals surface area contributed by atoms with Gasteiger partial charge in [-0.25, -0.2) is 0 Å². The first-order chi connectivity index (χ1) is 20.3. The highest BCUT2D eigenvalue weighted by Gasteiger charge is 2.30. The first kappa shape index (κ1) is 20.4. The zero-order chi connectivity index (χ0) is 26.4. The maximum Gasteiger partial charge on any atom is 0.160 e. The molecule has 10 aromatic rings. The Bertz CT molecular complexity index is 2550. The van der Waals surface area contributed by atoms with E-state index < -0.39 is 0 Å². The molecule has 0 bridgehead atoms. The van der Waals surface area contributed by atoms with Gasteiger partial charge < -0.3 is 31.7 Å². The number of fused-ring (bicyclic) bond motifs is 12. The number of nitrogens with zero attached hydrogens (tertiary/aromatic N) is 3. The number of hydrogen-bond donors (Lipinski definition) is 0. The molecule has 0 N–H and O–H groups in total. The molecular formula is C34H19N3O4. The van der Waals surface area contributed by atoms with Gasteiger partial charge in [-0.3, -0.25) is 0 Å². The molecule has 3 aromatic carbocycles. The lowest BCUT2D eigenvalue weighted by Crippen LogP contribution is -2.10. The third-order valence-electron chi connectivity index (χ3n) is 8.92. The summed E-state index contributed by atoms with van der Waals surface area (Å²) < 4.78 is 29.0. The van der Waals surface area contributed by atoms with Crippen LogP contribution in [0.15, 0.2) is 105 Å². The summed E-state index contributed by atoms with van der Waals surface area (Å²) in [5.41, 5.74) is 12.4. The van der Waals surface area contributed by atoms with E-state index in [1.165, 1.54) is 5.69 Å². The smallest absolute Gasteiger partial charge is 0.160 e. The Balaban J connectivity index is 1.28. The molecule has 0 saturated heterocycles. The summed E-state index contributed by atoms with van der Waals surface area (Å²) >= 11 is 0. The van der Waals surface area contributed by atoms with E-state index in [4.69, 9.17) is 18.0 Å². The number of anilines is 3. The minimum Gasteiger partial charge on any atom is -0.491 e. The lowest BCUT2D eigenvalue weighted by Gasteiger charge is -2.26. The fourth-order valence-corrected chi connectivity index (χ4v) is 7.40. The minimum absolute atomic E-state index is 0.692. The molecule has 194 valence electrons. The van der Waals surface area contributed by atoms with Crippen LogP contribution in [-0.4, -0.2) is 15.4 Å². The SMILES string of the molecule is c1ccc(N(c2cc3c4c(n5c6ccoc6c(c2)c35)CCO4)c2cc3c4occc4n4c5ccoc5c(c2)c34)cc1. The summed E-state index contributed by atoms with van der Waals surface area (Å²) in [6, 6.07) is 25.5. The molecule has 0 saturated carbocycles. The van der Waals surface area contributed by atoms with Crippen molar-refractivity contribution in [2.75, 3.05) is 11.5 Å². The van der Waals surface area contributed by atoms with Crippen molar-refractivity contribution < 1.29 is 18.0 Å². The monoisotopic (exact) mass is 533 g/mol. The number of hydrogen-bond acceptors (Lipinski definition) is 5. The van der Waals surface area contributed by atoms with Gasteiger partial charge in [0.05, 0.1) is 58.7 Å². The molecule has 7 heteroatoms. The summed E-state index contributed by atoms with van der Waals surface area (Å²) in [5, 5.41) is 4.30. The van der Waals surface area contributed by atoms with E-state index in [2.05, 4.69) is 68.3 Å². The van der Waals surface area contributed by atoms with Gasteiger partial charge in [0, 0.05) is 63.2 Å².